The topological polar surface area (TPSA) is 61.7 Å². The van der Waals surface area contributed by atoms with Gasteiger partial charge in [-0.25, -0.2) is 0 Å². The monoisotopic (exact) mass is 273 g/mol. The lowest BCUT2D eigenvalue weighted by molar-refractivity contribution is -0.0229. The molecule has 4 nitrogen and oxygen atoms in total. The zero-order valence-corrected chi connectivity index (χ0v) is 12.1. The molecule has 1 saturated carbocycles. The van der Waals surface area contributed by atoms with Crippen LogP contribution >= 0.6 is 0 Å². The molecule has 1 fully saturated rings. The molecule has 1 aliphatic rings. The van der Waals surface area contributed by atoms with Crippen LogP contribution in [0.5, 0.6) is 0 Å². The Balaban J connectivity index is 1.85. The number of hydrogen-bond acceptors (Lipinski definition) is 4. The number of aliphatic hydroxyl groups is 2. The number of unbranched alkanes of at least 4 members (excludes halogenated alkanes) is 3. The minimum absolute atomic E-state index is 0.296. The van der Waals surface area contributed by atoms with Crippen molar-refractivity contribution in [3.05, 3.63) is 0 Å². The molecule has 114 valence electrons. The standard InChI is InChI=1S/C15H31NO3/c17-11-7-2-1-6-10-16-12-14(18)13-19-15-8-4-3-5-9-15/h14-18H,1-13H2. The van der Waals surface area contributed by atoms with E-state index >= 15 is 0 Å². The molecule has 0 aromatic carbocycles. The summed E-state index contributed by atoms with van der Waals surface area (Å²) < 4.78 is 5.74. The van der Waals surface area contributed by atoms with Crippen molar-refractivity contribution in [2.45, 2.75) is 70.0 Å². The van der Waals surface area contributed by atoms with E-state index in [2.05, 4.69) is 5.32 Å². The van der Waals surface area contributed by atoms with Gasteiger partial charge in [-0.05, 0) is 32.2 Å². The maximum atomic E-state index is 9.80. The summed E-state index contributed by atoms with van der Waals surface area (Å²) in [6.45, 7) is 2.31. The molecule has 0 heterocycles. The summed E-state index contributed by atoms with van der Waals surface area (Å²) in [6.07, 6.45) is 10.4. The molecule has 0 aromatic heterocycles. The molecule has 0 bridgehead atoms. The Labute approximate surface area is 117 Å². The van der Waals surface area contributed by atoms with Gasteiger partial charge in [-0.3, -0.25) is 0 Å². The van der Waals surface area contributed by atoms with Crippen LogP contribution < -0.4 is 5.32 Å². The molecule has 4 heteroatoms. The zero-order chi connectivity index (χ0) is 13.8. The van der Waals surface area contributed by atoms with Gasteiger partial charge in [0.05, 0.1) is 18.8 Å². The van der Waals surface area contributed by atoms with Crippen LogP contribution in [-0.4, -0.2) is 48.7 Å². The van der Waals surface area contributed by atoms with Crippen molar-refractivity contribution in [2.24, 2.45) is 0 Å². The van der Waals surface area contributed by atoms with E-state index in [1.165, 1.54) is 19.3 Å². The lowest BCUT2D eigenvalue weighted by atomic mass is 9.98. The molecule has 19 heavy (non-hydrogen) atoms. The van der Waals surface area contributed by atoms with E-state index in [0.29, 0.717) is 25.9 Å². The van der Waals surface area contributed by atoms with E-state index in [-0.39, 0.29) is 6.10 Å². The quantitative estimate of drug-likeness (QED) is 0.503. The molecule has 1 rings (SSSR count). The first-order valence-electron chi connectivity index (χ1n) is 7.94. The third kappa shape index (κ3) is 9.38. The Morgan fingerprint density at radius 3 is 2.53 bits per heavy atom. The van der Waals surface area contributed by atoms with Crippen molar-refractivity contribution in [1.82, 2.24) is 5.32 Å². The average molecular weight is 273 g/mol. The van der Waals surface area contributed by atoms with E-state index in [9.17, 15) is 5.11 Å². The molecule has 0 spiro atoms. The summed E-state index contributed by atoms with van der Waals surface area (Å²) >= 11 is 0. The van der Waals surface area contributed by atoms with Crippen LogP contribution in [0.4, 0.5) is 0 Å². The number of hydrogen-bond donors (Lipinski definition) is 3. The predicted octanol–water partition coefficient (Wildman–Crippen LogP) is 1.84. The first-order chi connectivity index (χ1) is 9.33. The van der Waals surface area contributed by atoms with Gasteiger partial charge in [0.2, 0.25) is 0 Å². The van der Waals surface area contributed by atoms with Crippen molar-refractivity contribution in [3.63, 3.8) is 0 Å². The summed E-state index contributed by atoms with van der Waals surface area (Å²) in [4.78, 5) is 0. The van der Waals surface area contributed by atoms with Gasteiger partial charge in [-0.1, -0.05) is 32.1 Å². The first-order valence-corrected chi connectivity index (χ1v) is 7.94. The van der Waals surface area contributed by atoms with E-state index in [0.717, 1.165) is 45.1 Å². The molecule has 0 saturated heterocycles. The van der Waals surface area contributed by atoms with E-state index in [1.54, 1.807) is 0 Å². The number of rotatable bonds is 11. The van der Waals surface area contributed by atoms with Crippen molar-refractivity contribution < 1.29 is 14.9 Å². The van der Waals surface area contributed by atoms with Crippen LogP contribution in [0.2, 0.25) is 0 Å². The second-order valence-corrected chi connectivity index (χ2v) is 5.59. The summed E-state index contributed by atoms with van der Waals surface area (Å²) in [5.41, 5.74) is 0. The Bertz CT molecular complexity index is 196. The van der Waals surface area contributed by atoms with Crippen LogP contribution in [0.15, 0.2) is 0 Å². The van der Waals surface area contributed by atoms with Gasteiger partial charge < -0.3 is 20.3 Å². The third-order valence-electron chi connectivity index (χ3n) is 3.72. The number of ether oxygens (including phenoxy) is 1. The fourth-order valence-corrected chi connectivity index (χ4v) is 2.52. The maximum Gasteiger partial charge on any atom is 0.0897 e. The first kappa shape index (κ1) is 16.9. The van der Waals surface area contributed by atoms with Crippen molar-refractivity contribution in [3.8, 4) is 0 Å². The van der Waals surface area contributed by atoms with Crippen LogP contribution in [0.3, 0.4) is 0 Å². The van der Waals surface area contributed by atoms with Gasteiger partial charge in [0, 0.05) is 13.2 Å². The van der Waals surface area contributed by atoms with Gasteiger partial charge in [-0.15, -0.1) is 0 Å². The van der Waals surface area contributed by atoms with Crippen molar-refractivity contribution in [1.29, 1.82) is 0 Å². The Morgan fingerprint density at radius 2 is 1.79 bits per heavy atom. The largest absolute Gasteiger partial charge is 0.396 e. The molecule has 1 unspecified atom stereocenters. The average Bonchev–Trinajstić information content (AvgIpc) is 2.45. The fourth-order valence-electron chi connectivity index (χ4n) is 2.52. The highest BCUT2D eigenvalue weighted by Crippen LogP contribution is 2.20. The second kappa shape index (κ2) is 11.6. The SMILES string of the molecule is OCCCCCCNCC(O)COC1CCCCC1. The fraction of sp³-hybridized carbons (Fsp3) is 1.00. The molecular weight excluding hydrogens is 242 g/mol. The predicted molar refractivity (Wildman–Crippen MR) is 77.3 cm³/mol. The normalized spacial score (nSPS) is 18.6. The van der Waals surface area contributed by atoms with Crippen LogP contribution in [0, 0.1) is 0 Å². The highest BCUT2D eigenvalue weighted by molar-refractivity contribution is 4.67. The molecule has 0 aliphatic heterocycles. The van der Waals surface area contributed by atoms with Crippen LogP contribution in [0.1, 0.15) is 57.8 Å². The second-order valence-electron chi connectivity index (χ2n) is 5.59. The minimum atomic E-state index is -0.389. The summed E-state index contributed by atoms with van der Waals surface area (Å²) in [5, 5.41) is 21.7. The maximum absolute atomic E-state index is 9.80. The van der Waals surface area contributed by atoms with Gasteiger partial charge in [0.15, 0.2) is 0 Å². The zero-order valence-electron chi connectivity index (χ0n) is 12.1. The highest BCUT2D eigenvalue weighted by Gasteiger charge is 2.15. The summed E-state index contributed by atoms with van der Waals surface area (Å²) in [7, 11) is 0. The minimum Gasteiger partial charge on any atom is -0.396 e. The Morgan fingerprint density at radius 1 is 1.05 bits per heavy atom. The molecule has 0 aromatic rings. The van der Waals surface area contributed by atoms with Gasteiger partial charge in [0.25, 0.3) is 0 Å². The third-order valence-corrected chi connectivity index (χ3v) is 3.72. The van der Waals surface area contributed by atoms with Gasteiger partial charge >= 0.3 is 0 Å². The summed E-state index contributed by atoms with van der Waals surface area (Å²) in [6, 6.07) is 0. The lowest BCUT2D eigenvalue weighted by Crippen LogP contribution is -2.33. The number of nitrogens with one attached hydrogen (secondary N) is 1. The van der Waals surface area contributed by atoms with E-state index < -0.39 is 0 Å². The molecule has 1 atom stereocenters. The molecular formula is C15H31NO3. The molecule has 1 aliphatic carbocycles. The molecule has 3 N–H and O–H groups in total. The molecule has 0 amide bonds. The van der Waals surface area contributed by atoms with Crippen LogP contribution in [0.25, 0.3) is 0 Å². The van der Waals surface area contributed by atoms with Gasteiger partial charge in [-0.2, -0.15) is 0 Å². The van der Waals surface area contributed by atoms with Crippen molar-refractivity contribution >= 4 is 0 Å². The van der Waals surface area contributed by atoms with Crippen molar-refractivity contribution in [2.75, 3.05) is 26.3 Å². The smallest absolute Gasteiger partial charge is 0.0897 e. The summed E-state index contributed by atoms with van der Waals surface area (Å²) in [5.74, 6) is 0. The van der Waals surface area contributed by atoms with Gasteiger partial charge in [0.1, 0.15) is 0 Å². The van der Waals surface area contributed by atoms with E-state index in [1.807, 2.05) is 0 Å². The van der Waals surface area contributed by atoms with E-state index in [4.69, 9.17) is 9.84 Å². The van der Waals surface area contributed by atoms with Crippen LogP contribution in [-0.2, 0) is 4.74 Å². The Hall–Kier alpha value is -0.160. The highest BCUT2D eigenvalue weighted by atomic mass is 16.5. The molecule has 0 radical (unpaired) electrons. The number of aliphatic hydroxyl groups excluding tert-OH is 2. The lowest BCUT2D eigenvalue weighted by Gasteiger charge is -2.23. The Kier molecular flexibility index (Phi) is 10.4.